The molecule has 2 fully saturated rings. The molecule has 0 radical (unpaired) electrons. The molecule has 1 aromatic carbocycles. The summed E-state index contributed by atoms with van der Waals surface area (Å²) in [7, 11) is 2.92. The van der Waals surface area contributed by atoms with Crippen LogP contribution >= 0.6 is 0 Å². The Labute approximate surface area is 178 Å². The fourth-order valence-electron chi connectivity index (χ4n) is 3.29. The highest BCUT2D eigenvalue weighted by molar-refractivity contribution is 5.45. The maximum Gasteiger partial charge on any atom is 0.229 e. The molecule has 176 valence electrons. The highest BCUT2D eigenvalue weighted by Crippen LogP contribution is 2.33. The molecule has 0 aliphatic carbocycles. The summed E-state index contributed by atoms with van der Waals surface area (Å²) < 4.78 is 32.0. The smallest absolute Gasteiger partial charge is 0.229 e. The van der Waals surface area contributed by atoms with Gasteiger partial charge in [-0.3, -0.25) is 0 Å². The highest BCUT2D eigenvalue weighted by atomic mass is 16.7. The summed E-state index contributed by atoms with van der Waals surface area (Å²) in [5.41, 5.74) is 0. The third kappa shape index (κ3) is 5.19. The first-order chi connectivity index (χ1) is 14.8. The number of methoxy groups -OCH3 is 2. The molecular weight excluding hydrogens is 420 g/mol. The van der Waals surface area contributed by atoms with Crippen LogP contribution in [0.1, 0.15) is 0 Å². The highest BCUT2D eigenvalue weighted by Gasteiger charge is 2.46. The lowest BCUT2D eigenvalue weighted by Gasteiger charge is -2.41. The quantitative estimate of drug-likeness (QED) is 0.256. The van der Waals surface area contributed by atoms with Gasteiger partial charge < -0.3 is 59.1 Å². The number of ether oxygens (including phenoxy) is 6. The summed E-state index contributed by atoms with van der Waals surface area (Å²) in [6.07, 6.45) is -12.8. The number of benzene rings is 1. The predicted octanol–water partition coefficient (Wildman–Crippen LogP) is -2.65. The Bertz CT molecular complexity index is 717. The van der Waals surface area contributed by atoms with Gasteiger partial charge in [0.15, 0.2) is 17.8 Å². The second-order valence-corrected chi connectivity index (χ2v) is 7.23. The van der Waals surface area contributed by atoms with Crippen LogP contribution in [0, 0.1) is 0 Å². The van der Waals surface area contributed by atoms with E-state index in [0.29, 0.717) is 11.5 Å². The first-order valence-corrected chi connectivity index (χ1v) is 9.62. The van der Waals surface area contributed by atoms with Crippen LogP contribution in [0.3, 0.4) is 0 Å². The van der Waals surface area contributed by atoms with Gasteiger partial charge in [-0.2, -0.15) is 0 Å². The van der Waals surface area contributed by atoms with E-state index in [-0.39, 0.29) is 19.0 Å². The second kappa shape index (κ2) is 10.3. The molecule has 6 N–H and O–H groups in total. The number of rotatable bonds is 7. The minimum absolute atomic E-state index is 0.244. The number of hydrogen-bond donors (Lipinski definition) is 6. The zero-order valence-electron chi connectivity index (χ0n) is 17.0. The van der Waals surface area contributed by atoms with Crippen molar-refractivity contribution in [3.8, 4) is 17.2 Å². The summed E-state index contributed by atoms with van der Waals surface area (Å²) in [6.45, 7) is -0.634. The monoisotopic (exact) mass is 448 g/mol. The molecule has 12 heteroatoms. The SMILES string of the molecule is COc1ccc(O[C@@H]2O[C@H](CO[C@@H]3OC[C@@H](O)[C@H](O)[C@H]3O)[C@@H](O)[C@H](O)[C@H]2O)cc1OC. The van der Waals surface area contributed by atoms with Gasteiger partial charge in [0.2, 0.25) is 6.29 Å². The topological polar surface area (TPSA) is 177 Å². The van der Waals surface area contributed by atoms with E-state index in [1.807, 2.05) is 0 Å². The zero-order chi connectivity index (χ0) is 22.7. The van der Waals surface area contributed by atoms with E-state index < -0.39 is 55.3 Å². The summed E-state index contributed by atoms with van der Waals surface area (Å²) in [5, 5.41) is 59.8. The number of aliphatic hydroxyl groups is 6. The van der Waals surface area contributed by atoms with Crippen LogP contribution in [0.5, 0.6) is 17.2 Å². The van der Waals surface area contributed by atoms with Crippen LogP contribution < -0.4 is 14.2 Å². The molecule has 0 saturated carbocycles. The van der Waals surface area contributed by atoms with Crippen LogP contribution in [0.25, 0.3) is 0 Å². The lowest BCUT2D eigenvalue weighted by Crippen LogP contribution is -2.61. The fraction of sp³-hybridized carbons (Fsp3) is 0.684. The Kier molecular flexibility index (Phi) is 7.91. The van der Waals surface area contributed by atoms with E-state index in [2.05, 4.69) is 0 Å². The van der Waals surface area contributed by atoms with E-state index in [4.69, 9.17) is 28.4 Å². The van der Waals surface area contributed by atoms with Gasteiger partial charge in [0.05, 0.1) is 27.4 Å². The van der Waals surface area contributed by atoms with E-state index in [1.54, 1.807) is 12.1 Å². The molecule has 0 aromatic heterocycles. The minimum Gasteiger partial charge on any atom is -0.493 e. The van der Waals surface area contributed by atoms with Gasteiger partial charge in [0.25, 0.3) is 0 Å². The molecule has 0 spiro atoms. The molecule has 9 atom stereocenters. The van der Waals surface area contributed by atoms with Gasteiger partial charge in [-0.05, 0) is 12.1 Å². The molecule has 2 heterocycles. The minimum atomic E-state index is -1.61. The largest absolute Gasteiger partial charge is 0.493 e. The maximum absolute atomic E-state index is 10.3. The third-order valence-electron chi connectivity index (χ3n) is 5.15. The Hall–Kier alpha value is -1.74. The summed E-state index contributed by atoms with van der Waals surface area (Å²) in [5.74, 6) is 1.07. The van der Waals surface area contributed by atoms with Crippen molar-refractivity contribution < 1.29 is 59.1 Å². The van der Waals surface area contributed by atoms with Gasteiger partial charge in [-0.15, -0.1) is 0 Å². The zero-order valence-corrected chi connectivity index (χ0v) is 17.0. The average Bonchev–Trinajstić information content (AvgIpc) is 2.78. The molecular formula is C19H28O12. The van der Waals surface area contributed by atoms with Crippen molar-refractivity contribution in [3.05, 3.63) is 18.2 Å². The van der Waals surface area contributed by atoms with Gasteiger partial charge in [-0.1, -0.05) is 0 Å². The second-order valence-electron chi connectivity index (χ2n) is 7.23. The number of hydrogen-bond acceptors (Lipinski definition) is 12. The molecule has 1 aromatic rings. The van der Waals surface area contributed by atoms with Crippen LogP contribution in [-0.4, -0.2) is 113 Å². The van der Waals surface area contributed by atoms with Gasteiger partial charge in [0.1, 0.15) is 48.5 Å². The number of aliphatic hydroxyl groups excluding tert-OH is 6. The molecule has 0 amide bonds. The standard InChI is InChI=1S/C19H28O12/c1-26-10-4-3-8(5-11(10)27-2)30-19-17(25)15(23)14(22)12(31-19)7-29-18-16(24)13(21)9(20)6-28-18/h3-5,9,12-25H,6-7H2,1-2H3/t9-,12-,13+,14-,15+,16-,17-,18+,19-/m1/s1. The molecule has 2 saturated heterocycles. The van der Waals surface area contributed by atoms with Crippen molar-refractivity contribution in [1.82, 2.24) is 0 Å². The molecule has 31 heavy (non-hydrogen) atoms. The van der Waals surface area contributed by atoms with Gasteiger partial charge in [-0.25, -0.2) is 0 Å². The van der Waals surface area contributed by atoms with Crippen LogP contribution in [0.2, 0.25) is 0 Å². The Balaban J connectivity index is 1.65. The molecule has 0 unspecified atom stereocenters. The first kappa shape index (κ1) is 23.9. The summed E-state index contributed by atoms with van der Waals surface area (Å²) in [4.78, 5) is 0. The average molecular weight is 448 g/mol. The van der Waals surface area contributed by atoms with Crippen molar-refractivity contribution in [2.75, 3.05) is 27.4 Å². The van der Waals surface area contributed by atoms with E-state index in [1.165, 1.54) is 20.3 Å². The molecule has 2 aliphatic heterocycles. The van der Waals surface area contributed by atoms with Gasteiger partial charge in [0, 0.05) is 6.07 Å². The van der Waals surface area contributed by atoms with E-state index >= 15 is 0 Å². The van der Waals surface area contributed by atoms with Gasteiger partial charge >= 0.3 is 0 Å². The molecule has 12 nitrogen and oxygen atoms in total. The normalized spacial score (nSPS) is 38.5. The summed E-state index contributed by atoms with van der Waals surface area (Å²) in [6, 6.07) is 4.62. The van der Waals surface area contributed by atoms with E-state index in [0.717, 1.165) is 0 Å². The first-order valence-electron chi connectivity index (χ1n) is 9.62. The lowest BCUT2D eigenvalue weighted by atomic mass is 9.99. The van der Waals surface area contributed by atoms with Crippen molar-refractivity contribution in [1.29, 1.82) is 0 Å². The molecule has 2 aliphatic rings. The Morgan fingerprint density at radius 1 is 0.839 bits per heavy atom. The lowest BCUT2D eigenvalue weighted by molar-refractivity contribution is -0.307. The van der Waals surface area contributed by atoms with Crippen LogP contribution in [-0.2, 0) is 14.2 Å². The maximum atomic E-state index is 10.3. The van der Waals surface area contributed by atoms with Crippen molar-refractivity contribution in [3.63, 3.8) is 0 Å². The summed E-state index contributed by atoms with van der Waals surface area (Å²) >= 11 is 0. The molecule has 3 rings (SSSR count). The Morgan fingerprint density at radius 2 is 1.52 bits per heavy atom. The fourth-order valence-corrected chi connectivity index (χ4v) is 3.29. The third-order valence-corrected chi connectivity index (χ3v) is 5.15. The van der Waals surface area contributed by atoms with E-state index in [9.17, 15) is 30.6 Å². The van der Waals surface area contributed by atoms with Crippen molar-refractivity contribution in [2.45, 2.75) is 55.3 Å². The van der Waals surface area contributed by atoms with Crippen molar-refractivity contribution >= 4 is 0 Å². The molecule has 0 bridgehead atoms. The van der Waals surface area contributed by atoms with Crippen LogP contribution in [0.15, 0.2) is 18.2 Å². The van der Waals surface area contributed by atoms with Crippen molar-refractivity contribution in [2.24, 2.45) is 0 Å². The Morgan fingerprint density at radius 3 is 2.19 bits per heavy atom. The van der Waals surface area contributed by atoms with Crippen LogP contribution in [0.4, 0.5) is 0 Å². The predicted molar refractivity (Wildman–Crippen MR) is 101 cm³/mol.